The zero-order valence-electron chi connectivity index (χ0n) is 18.9. The van der Waals surface area contributed by atoms with E-state index in [1.54, 1.807) is 18.3 Å². The Morgan fingerprint density at radius 2 is 1.89 bits per heavy atom. The van der Waals surface area contributed by atoms with E-state index in [0.717, 1.165) is 10.8 Å². The van der Waals surface area contributed by atoms with Crippen molar-refractivity contribution < 1.29 is 32.6 Å². The molecule has 36 heavy (non-hydrogen) atoms. The van der Waals surface area contributed by atoms with Crippen LogP contribution in [0, 0.1) is 5.82 Å². The zero-order chi connectivity index (χ0) is 26.1. The first kappa shape index (κ1) is 27.2. The number of carbonyl (C=O) groups excluding carboxylic acids is 2. The van der Waals surface area contributed by atoms with Gasteiger partial charge in [-0.25, -0.2) is 22.9 Å². The van der Waals surface area contributed by atoms with Crippen molar-refractivity contribution in [3.8, 4) is 0 Å². The van der Waals surface area contributed by atoms with Crippen LogP contribution in [-0.2, 0) is 16.1 Å². The molecular formula is C24H24ClF3N4O4. The number of rotatable bonds is 11. The van der Waals surface area contributed by atoms with Gasteiger partial charge in [0, 0.05) is 24.5 Å². The average molecular weight is 525 g/mol. The molecule has 2 amide bonds. The molecule has 1 heterocycles. The lowest BCUT2D eigenvalue weighted by Gasteiger charge is -2.23. The maximum atomic E-state index is 13.8. The summed E-state index contributed by atoms with van der Waals surface area (Å²) in [5, 5.41) is 18.0. The standard InChI is InChI=1S/C24H24ClF3N4O4/c25-22-17(6-3-7-19(22)26)10-29-12-21(34)31-18(9-24(27,28)14-33)13-36-23(35)32-20-8-15-4-1-2-5-16(15)11-30-20/h1-8,11,18,29,33H,9-10,12-14H2,(H,31,34)(H,30,32,35)/t18-/m0/s1. The summed E-state index contributed by atoms with van der Waals surface area (Å²) in [6, 6.07) is 11.9. The summed E-state index contributed by atoms with van der Waals surface area (Å²) >= 11 is 5.86. The number of halogens is 4. The molecule has 12 heteroatoms. The Morgan fingerprint density at radius 3 is 2.64 bits per heavy atom. The van der Waals surface area contributed by atoms with Crippen LogP contribution in [-0.4, -0.2) is 53.8 Å². The Balaban J connectivity index is 1.53. The number of benzene rings is 2. The number of aliphatic hydroxyl groups is 1. The van der Waals surface area contributed by atoms with Crippen molar-refractivity contribution in [1.29, 1.82) is 0 Å². The summed E-state index contributed by atoms with van der Waals surface area (Å²) in [7, 11) is 0. The first-order chi connectivity index (χ1) is 17.2. The van der Waals surface area contributed by atoms with Gasteiger partial charge >= 0.3 is 6.09 Å². The average Bonchev–Trinajstić information content (AvgIpc) is 2.85. The number of nitrogens with zero attached hydrogens (tertiary/aromatic N) is 1. The molecule has 4 N–H and O–H groups in total. The molecule has 8 nitrogen and oxygen atoms in total. The number of hydrogen-bond donors (Lipinski definition) is 4. The third-order valence-corrected chi connectivity index (χ3v) is 5.47. The molecule has 0 fully saturated rings. The van der Waals surface area contributed by atoms with Crippen LogP contribution in [0.2, 0.25) is 5.02 Å². The van der Waals surface area contributed by atoms with Crippen LogP contribution in [0.3, 0.4) is 0 Å². The predicted molar refractivity (Wildman–Crippen MR) is 128 cm³/mol. The fourth-order valence-corrected chi connectivity index (χ4v) is 3.51. The highest BCUT2D eigenvalue weighted by Gasteiger charge is 2.33. The molecule has 2 aromatic carbocycles. The normalized spacial score (nSPS) is 12.2. The van der Waals surface area contributed by atoms with Gasteiger partial charge in [0.05, 0.1) is 17.6 Å². The smallest absolute Gasteiger partial charge is 0.412 e. The molecule has 3 aromatic rings. The Morgan fingerprint density at radius 1 is 1.14 bits per heavy atom. The lowest BCUT2D eigenvalue weighted by atomic mass is 10.1. The third kappa shape index (κ3) is 8.08. The number of alkyl halides is 2. The van der Waals surface area contributed by atoms with Gasteiger partial charge in [0.15, 0.2) is 0 Å². The minimum Gasteiger partial charge on any atom is -0.447 e. The van der Waals surface area contributed by atoms with Gasteiger partial charge < -0.3 is 20.5 Å². The van der Waals surface area contributed by atoms with E-state index < -0.39 is 49.4 Å². The number of carbonyl (C=O) groups is 2. The Kier molecular flexibility index (Phi) is 9.45. The third-order valence-electron chi connectivity index (χ3n) is 5.05. The number of aromatic nitrogens is 1. The van der Waals surface area contributed by atoms with Crippen molar-refractivity contribution in [2.75, 3.05) is 25.1 Å². The van der Waals surface area contributed by atoms with Crippen LogP contribution >= 0.6 is 11.6 Å². The molecular weight excluding hydrogens is 501 g/mol. The van der Waals surface area contributed by atoms with Crippen LogP contribution in [0.4, 0.5) is 23.8 Å². The second-order valence-corrected chi connectivity index (χ2v) is 8.32. The van der Waals surface area contributed by atoms with Gasteiger partial charge in [-0.2, -0.15) is 0 Å². The summed E-state index contributed by atoms with van der Waals surface area (Å²) < 4.78 is 46.1. The molecule has 0 radical (unpaired) electrons. The number of nitrogens with one attached hydrogen (secondary N) is 3. The van der Waals surface area contributed by atoms with E-state index in [1.807, 2.05) is 24.3 Å². The van der Waals surface area contributed by atoms with Gasteiger partial charge in [-0.05, 0) is 23.1 Å². The summed E-state index contributed by atoms with van der Waals surface area (Å²) in [4.78, 5) is 28.5. The minimum absolute atomic E-state index is 0.0547. The van der Waals surface area contributed by atoms with Crippen LogP contribution in [0.25, 0.3) is 10.8 Å². The molecule has 0 saturated carbocycles. The largest absolute Gasteiger partial charge is 0.447 e. The fraction of sp³-hybridized carbons (Fsp3) is 0.292. The van der Waals surface area contributed by atoms with E-state index in [-0.39, 0.29) is 23.9 Å². The lowest BCUT2D eigenvalue weighted by molar-refractivity contribution is -0.122. The number of ether oxygens (including phenoxy) is 1. The van der Waals surface area contributed by atoms with Crippen LogP contribution in [0.15, 0.2) is 54.7 Å². The maximum absolute atomic E-state index is 13.8. The molecule has 1 aromatic heterocycles. The summed E-state index contributed by atoms with van der Waals surface area (Å²) in [6.45, 7) is -2.28. The first-order valence-corrected chi connectivity index (χ1v) is 11.2. The number of pyridine rings is 1. The maximum Gasteiger partial charge on any atom is 0.412 e. The SMILES string of the molecule is O=C(CNCc1cccc(F)c1Cl)N[C@H](COC(=O)Nc1cc2ccccc2cn1)CC(F)(F)CO. The Hall–Kier alpha value is -3.41. The van der Waals surface area contributed by atoms with Gasteiger partial charge in [-0.3, -0.25) is 10.1 Å². The van der Waals surface area contributed by atoms with Gasteiger partial charge in [0.2, 0.25) is 5.91 Å². The second-order valence-electron chi connectivity index (χ2n) is 7.94. The van der Waals surface area contributed by atoms with E-state index in [4.69, 9.17) is 21.4 Å². The fourth-order valence-electron chi connectivity index (χ4n) is 3.32. The van der Waals surface area contributed by atoms with Gasteiger partial charge in [-0.15, -0.1) is 0 Å². The van der Waals surface area contributed by atoms with Crippen molar-refractivity contribution in [2.24, 2.45) is 0 Å². The van der Waals surface area contributed by atoms with Crippen LogP contribution in [0.1, 0.15) is 12.0 Å². The zero-order valence-corrected chi connectivity index (χ0v) is 19.7. The van der Waals surface area contributed by atoms with E-state index in [0.29, 0.717) is 5.56 Å². The lowest BCUT2D eigenvalue weighted by Crippen LogP contribution is -2.46. The number of fused-ring (bicyclic) bond motifs is 1. The van der Waals surface area contributed by atoms with Gasteiger partial charge in [-0.1, -0.05) is 48.0 Å². The molecule has 192 valence electrons. The molecule has 0 spiro atoms. The topological polar surface area (TPSA) is 113 Å². The number of aliphatic hydroxyl groups excluding tert-OH is 1. The van der Waals surface area contributed by atoms with Gasteiger partial charge in [0.1, 0.15) is 24.8 Å². The van der Waals surface area contributed by atoms with Crippen molar-refractivity contribution in [2.45, 2.75) is 24.9 Å². The highest BCUT2D eigenvalue weighted by atomic mass is 35.5. The highest BCUT2D eigenvalue weighted by molar-refractivity contribution is 6.31. The minimum atomic E-state index is -3.51. The molecule has 0 bridgehead atoms. The molecule has 0 aliphatic rings. The van der Waals surface area contributed by atoms with E-state index in [2.05, 4.69) is 20.9 Å². The quantitative estimate of drug-likeness (QED) is 0.303. The number of hydrogen-bond acceptors (Lipinski definition) is 6. The van der Waals surface area contributed by atoms with E-state index >= 15 is 0 Å². The van der Waals surface area contributed by atoms with Crippen LogP contribution < -0.4 is 16.0 Å². The molecule has 3 rings (SSSR count). The molecule has 1 atom stereocenters. The van der Waals surface area contributed by atoms with Crippen molar-refractivity contribution in [1.82, 2.24) is 15.6 Å². The highest BCUT2D eigenvalue weighted by Crippen LogP contribution is 2.21. The van der Waals surface area contributed by atoms with Gasteiger partial charge in [0.25, 0.3) is 5.92 Å². The Bertz CT molecular complexity index is 1210. The number of anilines is 1. The first-order valence-electron chi connectivity index (χ1n) is 10.9. The molecule has 0 aliphatic carbocycles. The molecule has 0 unspecified atom stereocenters. The van der Waals surface area contributed by atoms with E-state index in [1.165, 1.54) is 12.1 Å². The van der Waals surface area contributed by atoms with Crippen molar-refractivity contribution in [3.63, 3.8) is 0 Å². The second kappa shape index (κ2) is 12.5. The van der Waals surface area contributed by atoms with Crippen molar-refractivity contribution in [3.05, 3.63) is 71.1 Å². The molecule has 0 saturated heterocycles. The summed E-state index contributed by atoms with van der Waals surface area (Å²) in [6.07, 6.45) is -0.366. The summed E-state index contributed by atoms with van der Waals surface area (Å²) in [5.41, 5.74) is 0.412. The van der Waals surface area contributed by atoms with E-state index in [9.17, 15) is 22.8 Å². The Labute approximate surface area is 209 Å². The predicted octanol–water partition coefficient (Wildman–Crippen LogP) is 3.87. The van der Waals surface area contributed by atoms with Crippen molar-refractivity contribution >= 4 is 40.2 Å². The molecule has 0 aliphatic heterocycles. The monoisotopic (exact) mass is 524 g/mol. The number of amides is 2. The summed E-state index contributed by atoms with van der Waals surface area (Å²) in [5.74, 6) is -4.61. The van der Waals surface area contributed by atoms with Crippen LogP contribution in [0.5, 0.6) is 0 Å².